The molecule has 6 heteroatoms. The highest BCUT2D eigenvalue weighted by Crippen LogP contribution is 2.28. The fourth-order valence-electron chi connectivity index (χ4n) is 1.84. The predicted molar refractivity (Wildman–Crippen MR) is 90.6 cm³/mol. The van der Waals surface area contributed by atoms with E-state index in [2.05, 4.69) is 4.99 Å². The van der Waals surface area contributed by atoms with Crippen LogP contribution in [-0.4, -0.2) is 16.2 Å². The maximum absolute atomic E-state index is 11.0. The molecule has 2 aromatic rings. The van der Waals surface area contributed by atoms with E-state index >= 15 is 0 Å². The Balaban J connectivity index is 2.37. The van der Waals surface area contributed by atoms with Gasteiger partial charge in [-0.1, -0.05) is 0 Å². The van der Waals surface area contributed by atoms with E-state index in [1.807, 2.05) is 35.6 Å². The highest BCUT2D eigenvalue weighted by Gasteiger charge is 2.13. The summed E-state index contributed by atoms with van der Waals surface area (Å²) in [5.41, 5.74) is 2.91. The van der Waals surface area contributed by atoms with Gasteiger partial charge in [0.05, 0.1) is 14.2 Å². The average Bonchev–Trinajstić information content (AvgIpc) is 2.43. The lowest BCUT2D eigenvalue weighted by Gasteiger charge is -2.03. The largest absolute Gasteiger partial charge is 0.507 e. The number of aliphatic imine (C=N–C) groups is 1. The molecule has 0 saturated carbocycles. The fourth-order valence-corrected chi connectivity index (χ4v) is 2.38. The normalized spacial score (nSPS) is 11.0. The van der Waals surface area contributed by atoms with Crippen LogP contribution in [0, 0.1) is 27.5 Å². The quantitative estimate of drug-likeness (QED) is 0.364. The van der Waals surface area contributed by atoms with Gasteiger partial charge >= 0.3 is 0 Å². The minimum Gasteiger partial charge on any atom is -0.507 e. The lowest BCUT2D eigenvalue weighted by molar-refractivity contribution is -0.385. The third kappa shape index (κ3) is 3.57. The van der Waals surface area contributed by atoms with Crippen molar-refractivity contribution in [2.45, 2.75) is 13.8 Å². The summed E-state index contributed by atoms with van der Waals surface area (Å²) >= 11 is 2.03. The summed E-state index contributed by atoms with van der Waals surface area (Å²) in [6.07, 6.45) is 1.62. The van der Waals surface area contributed by atoms with Crippen molar-refractivity contribution >= 4 is 40.2 Å². The first-order valence-electron chi connectivity index (χ1n) is 6.16. The maximum Gasteiger partial charge on any atom is 0.274 e. The Morgan fingerprint density at radius 1 is 1.29 bits per heavy atom. The Bertz CT molecular complexity index is 742. The number of phenols is 1. The van der Waals surface area contributed by atoms with Crippen molar-refractivity contribution in [3.05, 3.63) is 60.7 Å². The number of hydrogen-bond acceptors (Lipinski definition) is 4. The van der Waals surface area contributed by atoms with Gasteiger partial charge in [-0.3, -0.25) is 15.1 Å². The summed E-state index contributed by atoms with van der Waals surface area (Å²) in [7, 11) is 0. The molecule has 0 aliphatic carbocycles. The van der Waals surface area contributed by atoms with E-state index in [4.69, 9.17) is 0 Å². The van der Waals surface area contributed by atoms with Gasteiger partial charge in [0.1, 0.15) is 5.75 Å². The van der Waals surface area contributed by atoms with E-state index < -0.39 is 4.92 Å². The molecule has 0 aliphatic heterocycles. The lowest BCUT2D eigenvalue weighted by atomic mass is 10.1. The highest BCUT2D eigenvalue weighted by molar-refractivity contribution is 14.1. The zero-order valence-corrected chi connectivity index (χ0v) is 13.7. The average molecular weight is 396 g/mol. The molecule has 0 bridgehead atoms. The van der Waals surface area contributed by atoms with E-state index in [-0.39, 0.29) is 11.4 Å². The van der Waals surface area contributed by atoms with Crippen molar-refractivity contribution in [3.8, 4) is 5.75 Å². The molecule has 0 heterocycles. The van der Waals surface area contributed by atoms with Crippen LogP contribution in [-0.2, 0) is 0 Å². The molecule has 0 atom stereocenters. The first-order chi connectivity index (χ1) is 9.88. The molecule has 0 fully saturated rings. The number of nitro groups is 1. The molecule has 2 rings (SSSR count). The summed E-state index contributed by atoms with van der Waals surface area (Å²) in [4.78, 5) is 14.9. The molecule has 2 aromatic carbocycles. The SMILES string of the molecule is Cc1cc(N=Cc2ccc(O)c(I)c2)cc([N+](=O)[O-])c1C. The van der Waals surface area contributed by atoms with Gasteiger partial charge in [-0.25, -0.2) is 0 Å². The first kappa shape index (κ1) is 15.4. The minimum atomic E-state index is -0.398. The number of benzene rings is 2. The van der Waals surface area contributed by atoms with Crippen molar-refractivity contribution < 1.29 is 10.0 Å². The Morgan fingerprint density at radius 3 is 2.62 bits per heavy atom. The summed E-state index contributed by atoms with van der Waals surface area (Å²) in [5.74, 6) is 0.217. The molecule has 0 amide bonds. The second-order valence-electron chi connectivity index (χ2n) is 4.63. The number of halogens is 1. The van der Waals surface area contributed by atoms with Gasteiger partial charge in [-0.15, -0.1) is 0 Å². The van der Waals surface area contributed by atoms with E-state index in [1.54, 1.807) is 31.3 Å². The fraction of sp³-hybridized carbons (Fsp3) is 0.133. The van der Waals surface area contributed by atoms with Crippen LogP contribution in [0.25, 0.3) is 0 Å². The van der Waals surface area contributed by atoms with E-state index in [9.17, 15) is 15.2 Å². The minimum absolute atomic E-state index is 0.0717. The van der Waals surface area contributed by atoms with Crippen LogP contribution >= 0.6 is 22.6 Å². The maximum atomic E-state index is 11.0. The Hall–Kier alpha value is -1.96. The Kier molecular flexibility index (Phi) is 4.56. The monoisotopic (exact) mass is 396 g/mol. The zero-order valence-electron chi connectivity index (χ0n) is 11.5. The number of hydrogen-bond donors (Lipinski definition) is 1. The van der Waals surface area contributed by atoms with E-state index in [0.29, 0.717) is 11.3 Å². The third-order valence-corrected chi connectivity index (χ3v) is 4.02. The highest BCUT2D eigenvalue weighted by atomic mass is 127. The molecule has 0 spiro atoms. The van der Waals surface area contributed by atoms with E-state index in [0.717, 1.165) is 14.7 Å². The Morgan fingerprint density at radius 2 is 2.00 bits per heavy atom. The number of aryl methyl sites for hydroxylation is 1. The number of aromatic hydroxyl groups is 1. The molecule has 1 N–H and O–H groups in total. The summed E-state index contributed by atoms with van der Waals surface area (Å²) < 4.78 is 0.725. The van der Waals surface area contributed by atoms with Gasteiger partial charge < -0.3 is 5.11 Å². The van der Waals surface area contributed by atoms with Gasteiger partial charge in [0.25, 0.3) is 5.69 Å². The predicted octanol–water partition coefficient (Wildman–Crippen LogP) is 4.27. The van der Waals surface area contributed by atoms with Crippen molar-refractivity contribution in [2.24, 2.45) is 4.99 Å². The number of nitrogens with zero attached hydrogens (tertiary/aromatic N) is 2. The molecular weight excluding hydrogens is 383 g/mol. The topological polar surface area (TPSA) is 75.7 Å². The van der Waals surface area contributed by atoms with Gasteiger partial charge in [-0.05, 0) is 71.8 Å². The summed E-state index contributed by atoms with van der Waals surface area (Å²) in [6.45, 7) is 3.55. The van der Waals surface area contributed by atoms with Crippen molar-refractivity contribution in [2.75, 3.05) is 0 Å². The molecule has 5 nitrogen and oxygen atoms in total. The second-order valence-corrected chi connectivity index (χ2v) is 5.80. The third-order valence-electron chi connectivity index (χ3n) is 3.16. The molecule has 0 aliphatic rings. The molecule has 0 unspecified atom stereocenters. The van der Waals surface area contributed by atoms with Crippen molar-refractivity contribution in [3.63, 3.8) is 0 Å². The molecular formula is C15H13IN2O3. The zero-order chi connectivity index (χ0) is 15.6. The van der Waals surface area contributed by atoms with Crippen LogP contribution in [0.15, 0.2) is 35.3 Å². The van der Waals surface area contributed by atoms with Crippen molar-refractivity contribution in [1.29, 1.82) is 0 Å². The summed E-state index contributed by atoms with van der Waals surface area (Å²) in [6, 6.07) is 8.38. The Labute approximate surface area is 135 Å². The van der Waals surface area contributed by atoms with Crippen LogP contribution in [0.4, 0.5) is 11.4 Å². The molecule has 0 saturated heterocycles. The van der Waals surface area contributed by atoms with E-state index in [1.165, 1.54) is 6.07 Å². The van der Waals surface area contributed by atoms with Crippen LogP contribution < -0.4 is 0 Å². The molecule has 0 radical (unpaired) electrons. The van der Waals surface area contributed by atoms with Gasteiger partial charge in [0, 0.05) is 17.8 Å². The van der Waals surface area contributed by atoms with Crippen LogP contribution in [0.5, 0.6) is 5.75 Å². The molecule has 0 aromatic heterocycles. The van der Waals surface area contributed by atoms with Crippen molar-refractivity contribution in [1.82, 2.24) is 0 Å². The molecule has 21 heavy (non-hydrogen) atoms. The van der Waals surface area contributed by atoms with Crippen LogP contribution in [0.3, 0.4) is 0 Å². The van der Waals surface area contributed by atoms with Crippen LogP contribution in [0.2, 0.25) is 0 Å². The van der Waals surface area contributed by atoms with Crippen LogP contribution in [0.1, 0.15) is 16.7 Å². The van der Waals surface area contributed by atoms with Gasteiger partial charge in [-0.2, -0.15) is 0 Å². The lowest BCUT2D eigenvalue weighted by Crippen LogP contribution is -1.93. The standard InChI is InChI=1S/C15H13IN2O3/c1-9-5-12(7-14(10(9)2)18(20)21)17-8-11-3-4-15(19)13(16)6-11/h3-8,19H,1-2H3. The summed E-state index contributed by atoms with van der Waals surface area (Å²) in [5, 5.41) is 20.5. The molecule has 108 valence electrons. The first-order valence-corrected chi connectivity index (χ1v) is 7.24. The van der Waals surface area contributed by atoms with Gasteiger partial charge in [0.15, 0.2) is 0 Å². The second kappa shape index (κ2) is 6.21. The number of phenolic OH excluding ortho intramolecular Hbond substituents is 1. The number of nitro benzene ring substituents is 1. The number of rotatable bonds is 3. The van der Waals surface area contributed by atoms with Gasteiger partial charge in [0.2, 0.25) is 0 Å². The smallest absolute Gasteiger partial charge is 0.274 e.